The van der Waals surface area contributed by atoms with Gasteiger partial charge in [-0.25, -0.2) is 0 Å². The monoisotopic (exact) mass is 249 g/mol. The molecule has 1 aliphatic rings. The third-order valence-corrected chi connectivity index (χ3v) is 2.89. The molecule has 1 atom stereocenters. The summed E-state index contributed by atoms with van der Waals surface area (Å²) in [5.41, 5.74) is 2.57. The van der Waals surface area contributed by atoms with Crippen molar-refractivity contribution in [1.29, 1.82) is 0 Å². The molecule has 0 saturated heterocycles. The van der Waals surface area contributed by atoms with Gasteiger partial charge in [-0.1, -0.05) is 0 Å². The lowest BCUT2D eigenvalue weighted by Gasteiger charge is -2.13. The molecular weight excluding hydrogens is 234 g/mol. The smallest absolute Gasteiger partial charge is 0.322 e. The van der Waals surface area contributed by atoms with Gasteiger partial charge in [0.2, 0.25) is 5.91 Å². The summed E-state index contributed by atoms with van der Waals surface area (Å²) in [4.78, 5) is 22.0. The average Bonchev–Trinajstić information content (AvgIpc) is 2.68. The number of carbonyl (C=O) groups excluding carboxylic acids is 1. The molecule has 6 heteroatoms. The van der Waals surface area contributed by atoms with E-state index >= 15 is 0 Å². The Balaban J connectivity index is 2.01. The molecule has 1 amide bonds. The maximum Gasteiger partial charge on any atom is 0.322 e. The summed E-state index contributed by atoms with van der Waals surface area (Å²) in [6.45, 7) is 0.284. The summed E-state index contributed by atoms with van der Waals surface area (Å²) in [5.74, 6) is -0.913. The molecule has 1 aromatic carbocycles. The Morgan fingerprint density at radius 2 is 2.33 bits per heavy atom. The number of fused-ring (bicyclic) bond motifs is 1. The second kappa shape index (κ2) is 5.05. The first kappa shape index (κ1) is 12.4. The van der Waals surface area contributed by atoms with Gasteiger partial charge in [0.05, 0.1) is 6.42 Å². The van der Waals surface area contributed by atoms with Crippen LogP contribution in [0.5, 0.6) is 0 Å². The van der Waals surface area contributed by atoms with E-state index in [0.29, 0.717) is 6.42 Å². The van der Waals surface area contributed by atoms with E-state index in [1.165, 1.54) is 0 Å². The molecule has 0 saturated carbocycles. The van der Waals surface area contributed by atoms with Crippen LogP contribution in [-0.4, -0.2) is 36.6 Å². The second-order valence-electron chi connectivity index (χ2n) is 4.16. The van der Waals surface area contributed by atoms with Gasteiger partial charge in [0.25, 0.3) is 0 Å². The first-order valence-electron chi connectivity index (χ1n) is 5.67. The van der Waals surface area contributed by atoms with Gasteiger partial charge in [0, 0.05) is 17.9 Å². The molecule has 96 valence electrons. The largest absolute Gasteiger partial charge is 0.480 e. The lowest BCUT2D eigenvalue weighted by atomic mass is 10.1. The Bertz CT molecular complexity index is 487. The Hall–Kier alpha value is -2.08. The summed E-state index contributed by atoms with van der Waals surface area (Å²) >= 11 is 0. The van der Waals surface area contributed by atoms with E-state index in [1.54, 1.807) is 7.05 Å². The lowest BCUT2D eigenvalue weighted by molar-refractivity contribution is -0.138. The molecule has 0 aromatic heterocycles. The van der Waals surface area contributed by atoms with Crippen LogP contribution in [0.15, 0.2) is 18.2 Å². The fourth-order valence-electron chi connectivity index (χ4n) is 1.87. The van der Waals surface area contributed by atoms with E-state index in [-0.39, 0.29) is 12.5 Å². The van der Waals surface area contributed by atoms with E-state index in [0.717, 1.165) is 16.9 Å². The maximum absolute atomic E-state index is 11.2. The van der Waals surface area contributed by atoms with Gasteiger partial charge in [-0.2, -0.15) is 0 Å². The first-order chi connectivity index (χ1) is 8.60. The molecule has 1 heterocycles. The molecule has 1 unspecified atom stereocenters. The van der Waals surface area contributed by atoms with Gasteiger partial charge in [-0.15, -0.1) is 0 Å². The number of amides is 1. The van der Waals surface area contributed by atoms with Crippen LogP contribution in [0.1, 0.15) is 5.56 Å². The van der Waals surface area contributed by atoms with E-state index in [1.807, 2.05) is 18.2 Å². The number of nitrogens with one attached hydrogen (secondary N) is 3. The van der Waals surface area contributed by atoms with E-state index in [4.69, 9.17) is 5.11 Å². The van der Waals surface area contributed by atoms with Gasteiger partial charge in [0.1, 0.15) is 6.04 Å². The van der Waals surface area contributed by atoms with Crippen molar-refractivity contribution in [2.45, 2.75) is 12.5 Å². The quantitative estimate of drug-likeness (QED) is 0.601. The maximum atomic E-state index is 11.2. The van der Waals surface area contributed by atoms with Crippen molar-refractivity contribution in [3.8, 4) is 0 Å². The zero-order valence-corrected chi connectivity index (χ0v) is 9.99. The average molecular weight is 249 g/mol. The minimum Gasteiger partial charge on any atom is -0.480 e. The molecular formula is C12H15N3O3. The van der Waals surface area contributed by atoms with Crippen LogP contribution >= 0.6 is 0 Å². The highest BCUT2D eigenvalue weighted by atomic mass is 16.4. The van der Waals surface area contributed by atoms with Crippen LogP contribution < -0.4 is 16.0 Å². The SMILES string of the molecule is CNC(CNc1ccc2c(c1)CC(=O)N2)C(=O)O. The molecule has 1 aliphatic heterocycles. The summed E-state index contributed by atoms with van der Waals surface area (Å²) in [6, 6.07) is 4.86. The highest BCUT2D eigenvalue weighted by molar-refractivity contribution is 5.99. The molecule has 0 bridgehead atoms. The Morgan fingerprint density at radius 1 is 1.56 bits per heavy atom. The molecule has 4 N–H and O–H groups in total. The first-order valence-corrected chi connectivity index (χ1v) is 5.67. The molecule has 2 rings (SSSR count). The van der Waals surface area contributed by atoms with Crippen molar-refractivity contribution in [2.24, 2.45) is 0 Å². The highest BCUT2D eigenvalue weighted by Crippen LogP contribution is 2.25. The van der Waals surface area contributed by atoms with E-state index < -0.39 is 12.0 Å². The predicted molar refractivity (Wildman–Crippen MR) is 67.7 cm³/mol. The molecule has 1 aromatic rings. The predicted octanol–water partition coefficient (Wildman–Crippen LogP) is 0.266. The van der Waals surface area contributed by atoms with Crippen molar-refractivity contribution in [3.63, 3.8) is 0 Å². The summed E-state index contributed by atoms with van der Waals surface area (Å²) < 4.78 is 0. The number of anilines is 2. The Kier molecular flexibility index (Phi) is 3.47. The van der Waals surface area contributed by atoms with Gasteiger partial charge >= 0.3 is 5.97 Å². The topological polar surface area (TPSA) is 90.5 Å². The van der Waals surface area contributed by atoms with Crippen molar-refractivity contribution >= 4 is 23.3 Å². The standard InChI is InChI=1S/C12H15N3O3/c1-13-10(12(17)18)6-14-8-2-3-9-7(4-8)5-11(16)15-9/h2-4,10,13-14H,5-6H2,1H3,(H,15,16)(H,17,18). The van der Waals surface area contributed by atoms with Gasteiger partial charge < -0.3 is 21.1 Å². The van der Waals surface area contributed by atoms with E-state index in [2.05, 4.69) is 16.0 Å². The van der Waals surface area contributed by atoms with Crippen molar-refractivity contribution in [1.82, 2.24) is 5.32 Å². The fraction of sp³-hybridized carbons (Fsp3) is 0.333. The Labute approximate surface area is 104 Å². The van der Waals surface area contributed by atoms with Crippen LogP contribution in [0.4, 0.5) is 11.4 Å². The number of likely N-dealkylation sites (N-methyl/N-ethyl adjacent to an activating group) is 1. The molecule has 18 heavy (non-hydrogen) atoms. The molecule has 0 aliphatic carbocycles. The minimum atomic E-state index is -0.900. The normalized spacial score (nSPS) is 14.8. The van der Waals surface area contributed by atoms with Crippen LogP contribution in [0.25, 0.3) is 0 Å². The number of rotatable bonds is 5. The van der Waals surface area contributed by atoms with Crippen molar-refractivity contribution in [2.75, 3.05) is 24.2 Å². The summed E-state index contributed by atoms with van der Waals surface area (Å²) in [5, 5.41) is 17.4. The molecule has 0 fully saturated rings. The van der Waals surface area contributed by atoms with Gasteiger partial charge in [-0.05, 0) is 30.8 Å². The highest BCUT2D eigenvalue weighted by Gasteiger charge is 2.18. The van der Waals surface area contributed by atoms with Gasteiger partial charge in [0.15, 0.2) is 0 Å². The van der Waals surface area contributed by atoms with Crippen LogP contribution in [0.3, 0.4) is 0 Å². The number of carboxylic acid groups (broad SMARTS) is 1. The number of carbonyl (C=O) groups is 2. The van der Waals surface area contributed by atoms with Crippen molar-refractivity contribution in [3.05, 3.63) is 23.8 Å². The van der Waals surface area contributed by atoms with Crippen LogP contribution in [0, 0.1) is 0 Å². The zero-order chi connectivity index (χ0) is 13.1. The van der Waals surface area contributed by atoms with Crippen LogP contribution in [-0.2, 0) is 16.0 Å². The number of hydrogen-bond acceptors (Lipinski definition) is 4. The summed E-state index contributed by atoms with van der Waals surface area (Å²) in [6.07, 6.45) is 0.374. The number of hydrogen-bond donors (Lipinski definition) is 4. The number of carboxylic acids is 1. The third kappa shape index (κ3) is 2.60. The zero-order valence-electron chi connectivity index (χ0n) is 9.99. The molecule has 0 spiro atoms. The molecule has 6 nitrogen and oxygen atoms in total. The number of benzene rings is 1. The number of aliphatic carboxylic acids is 1. The lowest BCUT2D eigenvalue weighted by Crippen LogP contribution is -2.39. The Morgan fingerprint density at radius 3 is 3.00 bits per heavy atom. The summed E-state index contributed by atoms with van der Waals surface area (Å²) in [7, 11) is 1.60. The minimum absolute atomic E-state index is 0.0132. The van der Waals surface area contributed by atoms with Crippen molar-refractivity contribution < 1.29 is 14.7 Å². The third-order valence-electron chi connectivity index (χ3n) is 2.89. The van der Waals surface area contributed by atoms with Crippen LogP contribution in [0.2, 0.25) is 0 Å². The second-order valence-corrected chi connectivity index (χ2v) is 4.16. The molecule has 0 radical (unpaired) electrons. The van der Waals surface area contributed by atoms with Gasteiger partial charge in [-0.3, -0.25) is 9.59 Å². The fourth-order valence-corrected chi connectivity index (χ4v) is 1.87. The van der Waals surface area contributed by atoms with E-state index in [9.17, 15) is 9.59 Å².